The number of halogens is 2. The standard InChI is InChI=1S/C13H15ClFN3O2/c14-13-16-5-8(15)11(18-13)17-10-7-3-1-6(2-4-7)9(10)12(19)20/h5-7,9-10H,1-4H2,(H,19,20)(H,16,17,18)/t6?,7?,9-,10?/m0/s1. The largest absolute Gasteiger partial charge is 0.481 e. The third-order valence-electron chi connectivity index (χ3n) is 4.52. The Balaban J connectivity index is 1.87. The molecule has 1 unspecified atom stereocenters. The minimum atomic E-state index is -0.822. The highest BCUT2D eigenvalue weighted by atomic mass is 35.5. The molecule has 4 rings (SSSR count). The minimum Gasteiger partial charge on any atom is -0.481 e. The van der Waals surface area contributed by atoms with E-state index in [2.05, 4.69) is 15.3 Å². The second-order valence-electron chi connectivity index (χ2n) is 5.54. The van der Waals surface area contributed by atoms with Gasteiger partial charge in [-0.15, -0.1) is 0 Å². The van der Waals surface area contributed by atoms with Gasteiger partial charge in [-0.05, 0) is 49.1 Å². The first kappa shape index (κ1) is 13.5. The number of rotatable bonds is 3. The molecule has 1 aromatic rings. The first-order valence-corrected chi connectivity index (χ1v) is 7.11. The summed E-state index contributed by atoms with van der Waals surface area (Å²) in [4.78, 5) is 18.9. The van der Waals surface area contributed by atoms with Crippen molar-refractivity contribution < 1.29 is 14.3 Å². The van der Waals surface area contributed by atoms with Gasteiger partial charge in [0.05, 0.1) is 12.1 Å². The Morgan fingerprint density at radius 2 is 2.00 bits per heavy atom. The summed E-state index contributed by atoms with van der Waals surface area (Å²) in [5.41, 5.74) is 0. The van der Waals surface area contributed by atoms with Crippen LogP contribution >= 0.6 is 11.6 Å². The van der Waals surface area contributed by atoms with Gasteiger partial charge in [-0.3, -0.25) is 4.79 Å². The average Bonchev–Trinajstić information content (AvgIpc) is 2.43. The Hall–Kier alpha value is -1.43. The van der Waals surface area contributed by atoms with Crippen LogP contribution in [0, 0.1) is 23.6 Å². The maximum absolute atomic E-state index is 13.7. The van der Waals surface area contributed by atoms with Gasteiger partial charge in [0.1, 0.15) is 0 Å². The van der Waals surface area contributed by atoms with Crippen LogP contribution in [-0.4, -0.2) is 27.1 Å². The van der Waals surface area contributed by atoms with E-state index in [1.807, 2.05) is 0 Å². The molecule has 0 aliphatic heterocycles. The second kappa shape index (κ2) is 5.16. The zero-order valence-corrected chi connectivity index (χ0v) is 11.5. The molecular weight excluding hydrogens is 285 g/mol. The number of nitrogens with zero attached hydrogens (tertiary/aromatic N) is 2. The van der Waals surface area contributed by atoms with E-state index in [1.54, 1.807) is 0 Å². The van der Waals surface area contributed by atoms with Crippen molar-refractivity contribution in [2.75, 3.05) is 5.32 Å². The normalized spacial score (nSPS) is 32.1. The molecule has 2 bridgehead atoms. The lowest BCUT2D eigenvalue weighted by molar-refractivity contribution is -0.148. The number of hydrogen-bond acceptors (Lipinski definition) is 4. The van der Waals surface area contributed by atoms with Gasteiger partial charge >= 0.3 is 5.97 Å². The lowest BCUT2D eigenvalue weighted by Crippen LogP contribution is -2.51. The van der Waals surface area contributed by atoms with E-state index in [0.29, 0.717) is 0 Å². The van der Waals surface area contributed by atoms with Gasteiger partial charge in [0.25, 0.3) is 0 Å². The maximum atomic E-state index is 13.7. The summed E-state index contributed by atoms with van der Waals surface area (Å²) in [7, 11) is 0. The van der Waals surface area contributed by atoms with Crippen molar-refractivity contribution in [2.45, 2.75) is 31.7 Å². The van der Waals surface area contributed by atoms with Gasteiger partial charge in [-0.1, -0.05) is 0 Å². The molecule has 3 fully saturated rings. The summed E-state index contributed by atoms with van der Waals surface area (Å²) in [5, 5.41) is 12.3. The number of carboxylic acid groups (broad SMARTS) is 1. The summed E-state index contributed by atoms with van der Waals surface area (Å²) >= 11 is 5.67. The lowest BCUT2D eigenvalue weighted by atomic mass is 9.61. The fourth-order valence-electron chi connectivity index (χ4n) is 3.62. The van der Waals surface area contributed by atoms with Crippen molar-refractivity contribution >= 4 is 23.4 Å². The Morgan fingerprint density at radius 3 is 2.65 bits per heavy atom. The highest BCUT2D eigenvalue weighted by molar-refractivity contribution is 6.28. The summed E-state index contributed by atoms with van der Waals surface area (Å²) in [6.07, 6.45) is 4.83. The summed E-state index contributed by atoms with van der Waals surface area (Å²) < 4.78 is 13.7. The number of carbonyl (C=O) groups is 1. The summed E-state index contributed by atoms with van der Waals surface area (Å²) in [6.45, 7) is 0. The molecular formula is C13H15ClFN3O2. The molecule has 20 heavy (non-hydrogen) atoms. The van der Waals surface area contributed by atoms with Gasteiger partial charge < -0.3 is 10.4 Å². The van der Waals surface area contributed by atoms with E-state index < -0.39 is 17.7 Å². The highest BCUT2D eigenvalue weighted by Gasteiger charge is 2.47. The van der Waals surface area contributed by atoms with E-state index >= 15 is 0 Å². The molecule has 1 aromatic heterocycles. The molecule has 3 saturated carbocycles. The van der Waals surface area contributed by atoms with Gasteiger partial charge in [0.2, 0.25) is 5.28 Å². The number of aliphatic carboxylic acids is 1. The summed E-state index contributed by atoms with van der Waals surface area (Å²) in [5.74, 6) is -1.52. The fourth-order valence-corrected chi connectivity index (χ4v) is 3.75. The van der Waals surface area contributed by atoms with Crippen LogP contribution < -0.4 is 5.32 Å². The molecule has 0 amide bonds. The van der Waals surface area contributed by atoms with Crippen LogP contribution in [0.4, 0.5) is 10.2 Å². The van der Waals surface area contributed by atoms with Crippen LogP contribution in [0.3, 0.4) is 0 Å². The average molecular weight is 300 g/mol. The summed E-state index contributed by atoms with van der Waals surface area (Å²) in [6, 6.07) is -0.291. The molecule has 2 atom stereocenters. The second-order valence-corrected chi connectivity index (χ2v) is 5.88. The van der Waals surface area contributed by atoms with E-state index in [-0.39, 0.29) is 29.0 Å². The number of hydrogen-bond donors (Lipinski definition) is 2. The first-order chi connectivity index (χ1) is 9.56. The van der Waals surface area contributed by atoms with Crippen molar-refractivity contribution in [1.29, 1.82) is 0 Å². The number of anilines is 1. The molecule has 1 heterocycles. The van der Waals surface area contributed by atoms with E-state index in [4.69, 9.17) is 11.6 Å². The maximum Gasteiger partial charge on any atom is 0.308 e. The molecule has 0 aromatic carbocycles. The zero-order valence-electron chi connectivity index (χ0n) is 10.7. The molecule has 7 heteroatoms. The molecule has 5 nitrogen and oxygen atoms in total. The van der Waals surface area contributed by atoms with Crippen molar-refractivity contribution in [3.63, 3.8) is 0 Å². The lowest BCUT2D eigenvalue weighted by Gasteiger charge is -2.47. The fraction of sp³-hybridized carbons (Fsp3) is 0.615. The smallest absolute Gasteiger partial charge is 0.308 e. The molecule has 3 aliphatic rings. The Bertz CT molecular complexity index is 534. The third kappa shape index (κ3) is 2.32. The topological polar surface area (TPSA) is 75.1 Å². The van der Waals surface area contributed by atoms with Crippen LogP contribution in [0.5, 0.6) is 0 Å². The van der Waals surface area contributed by atoms with E-state index in [1.165, 1.54) is 0 Å². The molecule has 3 aliphatic carbocycles. The molecule has 0 radical (unpaired) electrons. The van der Waals surface area contributed by atoms with Gasteiger partial charge in [-0.2, -0.15) is 4.98 Å². The van der Waals surface area contributed by atoms with E-state index in [0.717, 1.165) is 31.9 Å². The number of nitrogens with one attached hydrogen (secondary N) is 1. The van der Waals surface area contributed by atoms with E-state index in [9.17, 15) is 14.3 Å². The van der Waals surface area contributed by atoms with Gasteiger partial charge in [0.15, 0.2) is 11.6 Å². The SMILES string of the molecule is O=C(O)[C@H]1C2CCC(CC2)C1Nc1nc(Cl)ncc1F. The highest BCUT2D eigenvalue weighted by Crippen LogP contribution is 2.46. The predicted molar refractivity (Wildman–Crippen MR) is 71.0 cm³/mol. The van der Waals surface area contributed by atoms with Crippen LogP contribution in [-0.2, 0) is 4.79 Å². The number of fused-ring (bicyclic) bond motifs is 3. The molecule has 0 spiro atoms. The predicted octanol–water partition coefficient (Wildman–Crippen LogP) is 2.57. The first-order valence-electron chi connectivity index (χ1n) is 6.73. The number of aromatic nitrogens is 2. The monoisotopic (exact) mass is 299 g/mol. The van der Waals surface area contributed by atoms with Crippen molar-refractivity contribution in [2.24, 2.45) is 17.8 Å². The molecule has 0 saturated heterocycles. The quantitative estimate of drug-likeness (QED) is 0.839. The van der Waals surface area contributed by atoms with Crippen LogP contribution in [0.2, 0.25) is 5.28 Å². The van der Waals surface area contributed by atoms with Crippen molar-refractivity contribution in [3.05, 3.63) is 17.3 Å². The van der Waals surface area contributed by atoms with Crippen LogP contribution in [0.25, 0.3) is 0 Å². The Labute approximate surface area is 120 Å². The van der Waals surface area contributed by atoms with Crippen molar-refractivity contribution in [1.82, 2.24) is 9.97 Å². The van der Waals surface area contributed by atoms with Gasteiger partial charge in [-0.25, -0.2) is 9.37 Å². The van der Waals surface area contributed by atoms with Crippen molar-refractivity contribution in [3.8, 4) is 0 Å². The molecule has 108 valence electrons. The molecule has 2 N–H and O–H groups in total. The third-order valence-corrected chi connectivity index (χ3v) is 4.70. The van der Waals surface area contributed by atoms with Crippen LogP contribution in [0.1, 0.15) is 25.7 Å². The Kier molecular flexibility index (Phi) is 3.50. The minimum absolute atomic E-state index is 0.00574. The number of carboxylic acids is 1. The Morgan fingerprint density at radius 1 is 1.35 bits per heavy atom. The zero-order chi connectivity index (χ0) is 14.3. The van der Waals surface area contributed by atoms with Gasteiger partial charge in [0, 0.05) is 6.04 Å². The van der Waals surface area contributed by atoms with Crippen LogP contribution in [0.15, 0.2) is 6.20 Å².